The van der Waals surface area contributed by atoms with Gasteiger partial charge < -0.3 is 25.2 Å². The summed E-state index contributed by atoms with van der Waals surface area (Å²) in [6.45, 7) is 9.14. The number of esters is 1. The van der Waals surface area contributed by atoms with Gasteiger partial charge in [-0.2, -0.15) is 0 Å². The Kier molecular flexibility index (Phi) is 7.60. The topological polar surface area (TPSA) is 116 Å². The molecule has 2 bridgehead atoms. The molecule has 0 spiro atoms. The van der Waals surface area contributed by atoms with Crippen LogP contribution < -0.4 is 5.32 Å². The molecule has 8 heteroatoms. The van der Waals surface area contributed by atoms with Gasteiger partial charge in [0.05, 0.1) is 6.42 Å². The predicted molar refractivity (Wildman–Crippen MR) is 150 cm³/mol. The van der Waals surface area contributed by atoms with Crippen molar-refractivity contribution < 1.29 is 29.3 Å². The first kappa shape index (κ1) is 28.7. The van der Waals surface area contributed by atoms with E-state index < -0.39 is 11.6 Å². The molecule has 1 aliphatic heterocycles. The highest BCUT2D eigenvalue weighted by atomic mass is 16.5. The lowest BCUT2D eigenvalue weighted by Gasteiger charge is -2.42. The number of hydrogen-bond acceptors (Lipinski definition) is 6. The molecule has 3 N–H and O–H groups in total. The minimum absolute atomic E-state index is 0.00423. The van der Waals surface area contributed by atoms with Gasteiger partial charge in [-0.15, -0.1) is 0 Å². The van der Waals surface area contributed by atoms with Crippen LogP contribution in [-0.4, -0.2) is 57.1 Å². The Bertz CT molecular complexity index is 1160. The van der Waals surface area contributed by atoms with Crippen LogP contribution in [0, 0.1) is 22.7 Å². The van der Waals surface area contributed by atoms with Gasteiger partial charge in [0.25, 0.3) is 0 Å². The van der Waals surface area contributed by atoms with E-state index in [1.165, 1.54) is 18.6 Å². The molecular weight excluding hydrogens is 508 g/mol. The molecular formula is C32H46N2O6. The molecule has 1 aromatic rings. The van der Waals surface area contributed by atoms with E-state index in [1.807, 2.05) is 6.92 Å². The number of nitrogens with one attached hydrogen (secondary N) is 1. The minimum atomic E-state index is -1.06. The average molecular weight is 555 g/mol. The molecule has 220 valence electrons. The summed E-state index contributed by atoms with van der Waals surface area (Å²) in [5.41, 5.74) is -0.452. The van der Waals surface area contributed by atoms with E-state index in [9.17, 15) is 24.6 Å². The monoisotopic (exact) mass is 554 g/mol. The number of carbonyl (C=O) groups excluding carboxylic acids is 3. The van der Waals surface area contributed by atoms with Gasteiger partial charge in [0.1, 0.15) is 17.7 Å². The number of phenols is 2. The highest BCUT2D eigenvalue weighted by Crippen LogP contribution is 2.66. The molecule has 1 heterocycles. The normalized spacial score (nSPS) is 32.1. The average Bonchev–Trinajstić information content (AvgIpc) is 3.48. The number of amides is 2. The van der Waals surface area contributed by atoms with E-state index >= 15 is 0 Å². The van der Waals surface area contributed by atoms with Gasteiger partial charge in [-0.05, 0) is 86.8 Å². The molecule has 3 saturated carbocycles. The summed E-state index contributed by atoms with van der Waals surface area (Å²) in [7, 11) is 0. The Balaban J connectivity index is 1.32. The van der Waals surface area contributed by atoms with Crippen molar-refractivity contribution in [3.05, 3.63) is 23.8 Å². The molecule has 2 amide bonds. The Morgan fingerprint density at radius 2 is 1.73 bits per heavy atom. The van der Waals surface area contributed by atoms with E-state index in [-0.39, 0.29) is 58.6 Å². The second-order valence-electron chi connectivity index (χ2n) is 13.8. The van der Waals surface area contributed by atoms with Gasteiger partial charge >= 0.3 is 5.97 Å². The smallest absolute Gasteiger partial charge is 0.332 e. The van der Waals surface area contributed by atoms with E-state index in [0.717, 1.165) is 44.9 Å². The van der Waals surface area contributed by atoms with Gasteiger partial charge in [0.15, 0.2) is 11.5 Å². The van der Waals surface area contributed by atoms with Crippen LogP contribution in [0.15, 0.2) is 18.2 Å². The zero-order valence-corrected chi connectivity index (χ0v) is 24.5. The van der Waals surface area contributed by atoms with E-state index in [4.69, 9.17) is 4.74 Å². The van der Waals surface area contributed by atoms with Gasteiger partial charge in [-0.25, -0.2) is 4.79 Å². The third-order valence-corrected chi connectivity index (χ3v) is 11.4. The van der Waals surface area contributed by atoms with Crippen molar-refractivity contribution in [3.8, 4) is 11.5 Å². The highest BCUT2D eigenvalue weighted by molar-refractivity contribution is 5.93. The number of ether oxygens (including phenoxy) is 1. The number of nitrogens with zero attached hydrogens (tertiary/aromatic N) is 1. The van der Waals surface area contributed by atoms with Crippen molar-refractivity contribution in [1.29, 1.82) is 0 Å². The molecule has 1 aromatic carbocycles. The summed E-state index contributed by atoms with van der Waals surface area (Å²) in [6.07, 6.45) is 9.03. The largest absolute Gasteiger partial charge is 0.504 e. The summed E-state index contributed by atoms with van der Waals surface area (Å²) in [4.78, 5) is 42.9. The molecule has 5 atom stereocenters. The Morgan fingerprint density at radius 1 is 1.00 bits per heavy atom. The van der Waals surface area contributed by atoms with E-state index in [0.29, 0.717) is 30.9 Å². The fraction of sp³-hybridized carbons (Fsp3) is 0.719. The highest BCUT2D eigenvalue weighted by Gasteiger charge is 2.63. The maximum atomic E-state index is 14.2. The van der Waals surface area contributed by atoms with Crippen LogP contribution in [-0.2, 0) is 25.5 Å². The number of rotatable bonds is 7. The Labute approximate surface area is 237 Å². The van der Waals surface area contributed by atoms with E-state index in [1.54, 1.807) is 11.0 Å². The fourth-order valence-corrected chi connectivity index (χ4v) is 8.20. The quantitative estimate of drug-likeness (QED) is 0.328. The second-order valence-corrected chi connectivity index (χ2v) is 13.8. The van der Waals surface area contributed by atoms with Crippen LogP contribution in [0.25, 0.3) is 0 Å². The molecule has 3 aliphatic carbocycles. The summed E-state index contributed by atoms with van der Waals surface area (Å²) in [5.74, 6) is -0.830. The third-order valence-electron chi connectivity index (χ3n) is 11.4. The molecule has 0 radical (unpaired) electrons. The van der Waals surface area contributed by atoms with Crippen LogP contribution >= 0.6 is 0 Å². The van der Waals surface area contributed by atoms with Crippen LogP contribution in [0.2, 0.25) is 0 Å². The van der Waals surface area contributed by atoms with Gasteiger partial charge in [-0.1, -0.05) is 46.1 Å². The zero-order chi connectivity index (χ0) is 28.9. The van der Waals surface area contributed by atoms with Crippen LogP contribution in [0.4, 0.5) is 0 Å². The SMILES string of the molecule is CC1(C(=O)OC2CC3CCC2(C)C3(C)C)CCCN1C(=O)C(NC(=O)Cc1ccc(O)c(O)c1)C1CCCCC1. The lowest BCUT2D eigenvalue weighted by Crippen LogP contribution is -2.60. The first-order valence-corrected chi connectivity index (χ1v) is 15.2. The van der Waals surface area contributed by atoms with Crippen molar-refractivity contribution >= 4 is 17.8 Å². The second kappa shape index (κ2) is 10.6. The lowest BCUT2D eigenvalue weighted by molar-refractivity contribution is -0.172. The number of benzene rings is 1. The number of likely N-dealkylation sites (tertiary alicyclic amines) is 1. The van der Waals surface area contributed by atoms with Crippen molar-refractivity contribution in [3.63, 3.8) is 0 Å². The number of hydrogen-bond donors (Lipinski definition) is 3. The van der Waals surface area contributed by atoms with Gasteiger partial charge in [0.2, 0.25) is 11.8 Å². The predicted octanol–water partition coefficient (Wildman–Crippen LogP) is 4.84. The Morgan fingerprint density at radius 3 is 2.35 bits per heavy atom. The number of phenolic OH excluding ortho intramolecular Hbond substituents is 2. The number of fused-ring (bicyclic) bond motifs is 2. The van der Waals surface area contributed by atoms with Crippen molar-refractivity contribution in [2.24, 2.45) is 22.7 Å². The van der Waals surface area contributed by atoms with Crippen LogP contribution in [0.1, 0.15) is 97.5 Å². The first-order chi connectivity index (χ1) is 18.9. The van der Waals surface area contributed by atoms with Crippen molar-refractivity contribution in [2.45, 2.75) is 116 Å². The van der Waals surface area contributed by atoms with Crippen molar-refractivity contribution in [1.82, 2.24) is 10.2 Å². The molecule has 0 aromatic heterocycles. The summed E-state index contributed by atoms with van der Waals surface area (Å²) >= 11 is 0. The summed E-state index contributed by atoms with van der Waals surface area (Å²) < 4.78 is 6.29. The van der Waals surface area contributed by atoms with Crippen molar-refractivity contribution in [2.75, 3.05) is 6.54 Å². The zero-order valence-electron chi connectivity index (χ0n) is 24.5. The maximum Gasteiger partial charge on any atom is 0.332 e. The third kappa shape index (κ3) is 4.85. The summed E-state index contributed by atoms with van der Waals surface area (Å²) in [6, 6.07) is 3.57. The standard InChI is InChI=1S/C32H46N2O6/c1-30(2)22-13-15-31(30,3)25(19-22)40-29(39)32(4)14-8-16-34(32)28(38)27(21-9-6-5-7-10-21)33-26(37)18-20-11-12-23(35)24(36)17-20/h11-12,17,21-22,25,27,35-36H,5-10,13-16,18-19H2,1-4H3,(H,33,37). The molecule has 4 fully saturated rings. The lowest BCUT2D eigenvalue weighted by atomic mass is 9.70. The van der Waals surface area contributed by atoms with Crippen LogP contribution in [0.5, 0.6) is 11.5 Å². The molecule has 5 rings (SSSR count). The molecule has 8 nitrogen and oxygen atoms in total. The van der Waals surface area contributed by atoms with Gasteiger partial charge in [0, 0.05) is 12.0 Å². The van der Waals surface area contributed by atoms with Crippen LogP contribution in [0.3, 0.4) is 0 Å². The summed E-state index contributed by atoms with van der Waals surface area (Å²) in [5, 5.41) is 22.4. The molecule has 40 heavy (non-hydrogen) atoms. The number of carbonyl (C=O) groups is 3. The molecule has 1 saturated heterocycles. The fourth-order valence-electron chi connectivity index (χ4n) is 8.20. The first-order valence-electron chi connectivity index (χ1n) is 15.2. The van der Waals surface area contributed by atoms with E-state index in [2.05, 4.69) is 26.1 Å². The maximum absolute atomic E-state index is 14.2. The Hall–Kier alpha value is -2.77. The van der Waals surface area contributed by atoms with Gasteiger partial charge in [-0.3, -0.25) is 9.59 Å². The number of aromatic hydroxyl groups is 2. The molecule has 4 aliphatic rings. The minimum Gasteiger partial charge on any atom is -0.504 e. The molecule has 5 unspecified atom stereocenters.